The van der Waals surface area contributed by atoms with E-state index in [0.717, 1.165) is 31.7 Å². The van der Waals surface area contributed by atoms with E-state index in [2.05, 4.69) is 66.6 Å². The summed E-state index contributed by atoms with van der Waals surface area (Å²) in [6.45, 7) is 25.0. The van der Waals surface area contributed by atoms with Crippen LogP contribution in [-0.2, 0) is 23.7 Å². The molecule has 10 heteroatoms. The maximum Gasteiger partial charge on any atom is 0.313 e. The summed E-state index contributed by atoms with van der Waals surface area (Å²) in [6, 6.07) is 1.00. The Morgan fingerprint density at radius 2 is 1.77 bits per heavy atom. The van der Waals surface area contributed by atoms with Crippen LogP contribution in [0.2, 0.25) is 25.7 Å². The molecule has 0 bridgehead atoms. The summed E-state index contributed by atoms with van der Waals surface area (Å²) in [5.74, 6) is 0.391. The predicted molar refractivity (Wildman–Crippen MR) is 166 cm³/mol. The molecule has 1 heterocycles. The van der Waals surface area contributed by atoms with Gasteiger partial charge in [-0.25, -0.2) is 5.01 Å². The van der Waals surface area contributed by atoms with E-state index in [1.807, 2.05) is 6.21 Å². The predicted octanol–water partition coefficient (Wildman–Crippen LogP) is 6.32. The molecule has 0 fully saturated rings. The minimum absolute atomic E-state index is 0.0177. The highest BCUT2D eigenvalue weighted by Crippen LogP contribution is 2.51. The zero-order valence-electron chi connectivity index (χ0n) is 27.6. The number of hydrazine groups is 1. The highest BCUT2D eigenvalue weighted by molar-refractivity contribution is 6.76. The maximum atomic E-state index is 12.4. The second-order valence-electron chi connectivity index (χ2n) is 13.9. The summed E-state index contributed by atoms with van der Waals surface area (Å²) < 4.78 is 23.4. The Morgan fingerprint density at radius 1 is 1.12 bits per heavy atom. The minimum atomic E-state index is -1.28. The lowest BCUT2D eigenvalue weighted by Gasteiger charge is -2.56. The number of esters is 1. The Morgan fingerprint density at radius 3 is 2.27 bits per heavy atom. The summed E-state index contributed by atoms with van der Waals surface area (Å²) in [5.41, 5.74) is 1.60. The number of carbonyl (C=O) groups excluding carboxylic acids is 1. The Labute approximate surface area is 245 Å². The van der Waals surface area contributed by atoms with Crippen LogP contribution in [0.1, 0.15) is 81.1 Å². The summed E-state index contributed by atoms with van der Waals surface area (Å²) in [7, 11) is 0.110. The first kappa shape index (κ1) is 36.5. The number of unbranched alkanes of at least 4 members (excludes halogenated alkanes) is 3. The molecule has 0 spiro atoms. The van der Waals surface area contributed by atoms with E-state index in [9.17, 15) is 4.79 Å². The number of aliphatic imine (C=N–C) groups is 1. The largest absolute Gasteiger partial charge is 0.469 e. The van der Waals surface area contributed by atoms with Crippen molar-refractivity contribution >= 4 is 26.3 Å². The van der Waals surface area contributed by atoms with E-state index in [1.165, 1.54) is 7.11 Å². The third kappa shape index (κ3) is 10.1. The molecule has 0 saturated carbocycles. The molecular formula is C30H60N4O5Si. The number of carbonyl (C=O) groups is 1. The lowest BCUT2D eigenvalue weighted by atomic mass is 9.58. The Bertz CT molecular complexity index is 831. The molecule has 9 nitrogen and oxygen atoms in total. The number of nitrogens with one attached hydrogen (secondary N) is 2. The Kier molecular flexibility index (Phi) is 14.3. The van der Waals surface area contributed by atoms with Gasteiger partial charge in [0.1, 0.15) is 12.3 Å². The number of hydrogen-bond donors (Lipinski definition) is 2. The van der Waals surface area contributed by atoms with Crippen LogP contribution >= 0.6 is 0 Å². The van der Waals surface area contributed by atoms with E-state index >= 15 is 0 Å². The topological polar surface area (TPSA) is 105 Å². The fourth-order valence-corrected chi connectivity index (χ4v) is 5.41. The summed E-state index contributed by atoms with van der Waals surface area (Å²) in [5, 5.41) is 10.3. The van der Waals surface area contributed by atoms with Crippen molar-refractivity contribution in [3.05, 3.63) is 0 Å². The van der Waals surface area contributed by atoms with Crippen LogP contribution in [0.4, 0.5) is 0 Å². The maximum absolute atomic E-state index is 12.4. The van der Waals surface area contributed by atoms with E-state index in [0.29, 0.717) is 25.0 Å². The molecule has 0 aromatic rings. The van der Waals surface area contributed by atoms with Crippen molar-refractivity contribution in [1.82, 2.24) is 10.4 Å². The van der Waals surface area contributed by atoms with Gasteiger partial charge in [0.05, 0.1) is 25.7 Å². The van der Waals surface area contributed by atoms with Crippen molar-refractivity contribution in [2.75, 3.05) is 33.7 Å². The molecule has 234 valence electrons. The standard InChI is InChI=1S/C30H60N4O5Si/c1-13-14-15-16-17-38-27(31)34(22-37-18-19-40(10,11)12)33-25(39-21-28(5,6)26(35)36-9)30(8)29(7,20-32-30)24(4)23(2)3/h20,23-25,31,33H,13-19,21-22H2,1-12H3/t24-,25+,29-,30+/m1/s1. The zero-order chi connectivity index (χ0) is 30.8. The third-order valence-electron chi connectivity index (χ3n) is 8.47. The normalized spacial score (nSPS) is 22.5. The van der Waals surface area contributed by atoms with Crippen LogP contribution in [-0.4, -0.2) is 76.7 Å². The number of amidine groups is 1. The van der Waals surface area contributed by atoms with E-state index < -0.39 is 25.3 Å². The zero-order valence-corrected chi connectivity index (χ0v) is 28.6. The molecule has 2 N–H and O–H groups in total. The second kappa shape index (κ2) is 15.7. The second-order valence-corrected chi connectivity index (χ2v) is 19.5. The van der Waals surface area contributed by atoms with Gasteiger partial charge in [-0.05, 0) is 45.1 Å². The van der Waals surface area contributed by atoms with Crippen molar-refractivity contribution in [3.8, 4) is 0 Å². The van der Waals surface area contributed by atoms with Crippen LogP contribution in [0.3, 0.4) is 0 Å². The number of methoxy groups -OCH3 is 1. The molecule has 0 aliphatic carbocycles. The van der Waals surface area contributed by atoms with Crippen molar-refractivity contribution in [3.63, 3.8) is 0 Å². The number of ether oxygens (including phenoxy) is 4. The number of nitrogens with zero attached hydrogens (tertiary/aromatic N) is 2. The van der Waals surface area contributed by atoms with Crippen LogP contribution in [0, 0.1) is 28.1 Å². The number of rotatable bonds is 19. The molecule has 0 aromatic carbocycles. The molecule has 0 amide bonds. The van der Waals surface area contributed by atoms with Gasteiger partial charge in [0, 0.05) is 26.3 Å². The fourth-order valence-electron chi connectivity index (χ4n) is 4.65. The summed E-state index contributed by atoms with van der Waals surface area (Å²) in [6.07, 6.45) is 5.61. The first-order valence-corrected chi connectivity index (χ1v) is 18.7. The molecule has 0 unspecified atom stereocenters. The molecule has 40 heavy (non-hydrogen) atoms. The molecule has 0 radical (unpaired) electrons. The molecular weight excluding hydrogens is 524 g/mol. The van der Waals surface area contributed by atoms with Crippen LogP contribution in [0.25, 0.3) is 0 Å². The third-order valence-corrected chi connectivity index (χ3v) is 10.2. The Balaban J connectivity index is 3.24. The lowest BCUT2D eigenvalue weighted by molar-refractivity contribution is -0.163. The molecule has 0 saturated heterocycles. The van der Waals surface area contributed by atoms with Gasteiger partial charge >= 0.3 is 12.0 Å². The average molecular weight is 585 g/mol. The summed E-state index contributed by atoms with van der Waals surface area (Å²) >= 11 is 0. The van der Waals surface area contributed by atoms with Gasteiger partial charge in [0.2, 0.25) is 0 Å². The fraction of sp³-hybridized carbons (Fsp3) is 0.900. The minimum Gasteiger partial charge on any atom is -0.469 e. The average Bonchev–Trinajstić information content (AvgIpc) is 2.88. The van der Waals surface area contributed by atoms with E-state index in [4.69, 9.17) is 29.3 Å². The highest BCUT2D eigenvalue weighted by Gasteiger charge is 2.59. The van der Waals surface area contributed by atoms with E-state index in [1.54, 1.807) is 18.9 Å². The first-order chi connectivity index (χ1) is 18.4. The first-order valence-electron chi connectivity index (χ1n) is 15.0. The molecule has 0 aromatic heterocycles. The molecule has 1 rings (SSSR count). The van der Waals surface area contributed by atoms with Gasteiger partial charge in [0.15, 0.2) is 6.23 Å². The van der Waals surface area contributed by atoms with Crippen LogP contribution < -0.4 is 5.43 Å². The van der Waals surface area contributed by atoms with Crippen molar-refractivity contribution in [2.45, 2.75) is 119 Å². The van der Waals surface area contributed by atoms with Gasteiger partial charge < -0.3 is 18.9 Å². The molecule has 1 aliphatic rings. The highest BCUT2D eigenvalue weighted by atomic mass is 28.3. The SMILES string of the molecule is CCCCCCOC(=N)N(COCC[Si](C)(C)C)N[C@@H](OCC(C)(C)C(=O)OC)[C@]1(C)N=C[C@]1(C)[C@H](C)C(C)C. The van der Waals surface area contributed by atoms with Gasteiger partial charge in [-0.2, -0.15) is 5.43 Å². The van der Waals surface area contributed by atoms with Crippen LogP contribution in [0.15, 0.2) is 4.99 Å². The monoisotopic (exact) mass is 584 g/mol. The van der Waals surface area contributed by atoms with Crippen molar-refractivity contribution in [1.29, 1.82) is 5.41 Å². The van der Waals surface area contributed by atoms with Crippen molar-refractivity contribution in [2.24, 2.45) is 27.7 Å². The van der Waals surface area contributed by atoms with Gasteiger partial charge in [-0.3, -0.25) is 15.2 Å². The van der Waals surface area contributed by atoms with E-state index in [-0.39, 0.29) is 30.7 Å². The van der Waals surface area contributed by atoms with Gasteiger partial charge in [0.25, 0.3) is 0 Å². The van der Waals surface area contributed by atoms with Gasteiger partial charge in [-0.1, -0.05) is 73.5 Å². The Hall–Kier alpha value is -1.49. The number of hydrogen-bond acceptors (Lipinski definition) is 8. The quantitative estimate of drug-likeness (QED) is 0.0348. The molecule has 1 aliphatic heterocycles. The summed E-state index contributed by atoms with van der Waals surface area (Å²) in [4.78, 5) is 17.3. The molecule has 4 atom stereocenters. The smallest absolute Gasteiger partial charge is 0.313 e. The van der Waals surface area contributed by atoms with Crippen LogP contribution in [0.5, 0.6) is 0 Å². The lowest BCUT2D eigenvalue weighted by Crippen LogP contribution is -2.69. The van der Waals surface area contributed by atoms with Gasteiger partial charge in [-0.15, -0.1) is 0 Å². The van der Waals surface area contributed by atoms with Crippen molar-refractivity contribution < 1.29 is 23.7 Å².